The fraction of sp³-hybridized carbons (Fsp3) is 0.480. The summed E-state index contributed by atoms with van der Waals surface area (Å²) in [6, 6.07) is 13.7. The molecule has 0 bridgehead atoms. The summed E-state index contributed by atoms with van der Waals surface area (Å²) in [7, 11) is -3.53. The van der Waals surface area contributed by atoms with Crippen LogP contribution in [0.4, 0.5) is 0 Å². The molecule has 0 saturated carbocycles. The molecule has 34 heavy (non-hydrogen) atoms. The predicted octanol–water partition coefficient (Wildman–Crippen LogP) is 5.69. The molecule has 2 atom stereocenters. The van der Waals surface area contributed by atoms with Crippen LogP contribution in [0, 0.1) is 5.92 Å². The molecule has 2 aliphatic rings. The summed E-state index contributed by atoms with van der Waals surface area (Å²) in [5.41, 5.74) is 2.89. The first-order valence-corrected chi connectivity index (χ1v) is 15.1. The number of imidazole rings is 1. The van der Waals surface area contributed by atoms with Crippen molar-refractivity contribution in [2.24, 2.45) is 5.92 Å². The zero-order chi connectivity index (χ0) is 23.7. The minimum atomic E-state index is -3.53. The first kappa shape index (κ1) is 24.3. The summed E-state index contributed by atoms with van der Waals surface area (Å²) in [6.45, 7) is 4.82. The van der Waals surface area contributed by atoms with Crippen LogP contribution < -0.4 is 0 Å². The average molecular weight is 565 g/mol. The molecule has 3 heterocycles. The van der Waals surface area contributed by atoms with Crippen molar-refractivity contribution < 1.29 is 13.2 Å². The second kappa shape index (κ2) is 10.3. The number of sulfonamides is 1. The van der Waals surface area contributed by atoms with Gasteiger partial charge in [0.15, 0.2) is 5.16 Å². The van der Waals surface area contributed by atoms with E-state index in [1.165, 1.54) is 5.56 Å². The molecule has 2 saturated heterocycles. The van der Waals surface area contributed by atoms with Gasteiger partial charge in [0, 0.05) is 29.9 Å². The van der Waals surface area contributed by atoms with Gasteiger partial charge in [-0.2, -0.15) is 4.31 Å². The van der Waals surface area contributed by atoms with Gasteiger partial charge in [0.1, 0.15) is 0 Å². The Labute approximate surface area is 214 Å². The molecular formula is C25H30BrN3O3S2. The smallest absolute Gasteiger partial charge is 0.243 e. The number of benzene rings is 2. The Morgan fingerprint density at radius 2 is 2.06 bits per heavy atom. The Morgan fingerprint density at radius 3 is 2.82 bits per heavy atom. The van der Waals surface area contributed by atoms with Gasteiger partial charge in [-0.15, -0.1) is 0 Å². The predicted molar refractivity (Wildman–Crippen MR) is 140 cm³/mol. The van der Waals surface area contributed by atoms with E-state index in [1.54, 1.807) is 28.2 Å². The summed E-state index contributed by atoms with van der Waals surface area (Å²) >= 11 is 5.22. The van der Waals surface area contributed by atoms with E-state index in [-0.39, 0.29) is 6.10 Å². The number of aromatic nitrogens is 2. The molecule has 0 spiro atoms. The quantitative estimate of drug-likeness (QED) is 0.345. The molecule has 9 heteroatoms. The topological polar surface area (TPSA) is 64.4 Å². The lowest BCUT2D eigenvalue weighted by atomic mass is 10.0. The molecule has 6 nitrogen and oxygen atoms in total. The Bertz CT molecular complexity index is 1270. The Kier molecular flexibility index (Phi) is 7.37. The maximum atomic E-state index is 13.4. The van der Waals surface area contributed by atoms with E-state index in [9.17, 15) is 8.42 Å². The SMILES string of the molecule is C[C@H]1CCCN(S(=O)(=O)c2ccc3c(c2)nc(SCc2cccc(Br)c2)n3C[C@H]2CCCO2)C1. The van der Waals surface area contributed by atoms with Crippen LogP contribution in [0.15, 0.2) is 57.0 Å². The number of rotatable bonds is 7. The van der Waals surface area contributed by atoms with Crippen molar-refractivity contribution in [3.63, 3.8) is 0 Å². The average Bonchev–Trinajstić information content (AvgIpc) is 3.46. The van der Waals surface area contributed by atoms with Gasteiger partial charge in [-0.1, -0.05) is 46.7 Å². The van der Waals surface area contributed by atoms with Crippen LogP contribution in [0.1, 0.15) is 38.2 Å². The first-order valence-electron chi connectivity index (χ1n) is 11.9. The maximum Gasteiger partial charge on any atom is 0.243 e. The molecule has 0 N–H and O–H groups in total. The standard InChI is InChI=1S/C25H30BrN3O3S2/c1-18-5-3-11-28(15-18)34(30,31)22-9-10-24-23(14-22)27-25(29(24)16-21-8-4-12-32-21)33-17-19-6-2-7-20(26)13-19/h2,6-7,9-10,13-14,18,21H,3-5,8,11-12,15-17H2,1H3/t18-,21+/m0/s1. The molecule has 5 rings (SSSR count). The minimum absolute atomic E-state index is 0.167. The van der Waals surface area contributed by atoms with E-state index in [4.69, 9.17) is 9.72 Å². The van der Waals surface area contributed by atoms with E-state index in [0.717, 1.165) is 65.3 Å². The van der Waals surface area contributed by atoms with Crippen molar-refractivity contribution >= 4 is 48.7 Å². The third-order valence-electron chi connectivity index (χ3n) is 6.61. The maximum absolute atomic E-state index is 13.4. The molecule has 2 aliphatic heterocycles. The molecule has 0 radical (unpaired) electrons. The highest BCUT2D eigenvalue weighted by atomic mass is 79.9. The second-order valence-electron chi connectivity index (χ2n) is 9.32. The summed E-state index contributed by atoms with van der Waals surface area (Å²) in [5.74, 6) is 1.17. The summed E-state index contributed by atoms with van der Waals surface area (Å²) in [5, 5.41) is 0.895. The zero-order valence-corrected chi connectivity index (χ0v) is 22.5. The first-order chi connectivity index (χ1) is 16.4. The molecule has 182 valence electrons. The highest BCUT2D eigenvalue weighted by Crippen LogP contribution is 2.32. The van der Waals surface area contributed by atoms with Crippen LogP contribution in [0.25, 0.3) is 11.0 Å². The van der Waals surface area contributed by atoms with Crippen LogP contribution >= 0.6 is 27.7 Å². The van der Waals surface area contributed by atoms with Gasteiger partial charge < -0.3 is 9.30 Å². The number of ether oxygens (including phenoxy) is 1. The number of hydrogen-bond acceptors (Lipinski definition) is 5. The molecule has 0 unspecified atom stereocenters. The van der Waals surface area contributed by atoms with E-state index in [1.807, 2.05) is 18.2 Å². The zero-order valence-electron chi connectivity index (χ0n) is 19.3. The van der Waals surface area contributed by atoms with Crippen molar-refractivity contribution in [1.29, 1.82) is 0 Å². The monoisotopic (exact) mass is 563 g/mol. The molecule has 2 aromatic carbocycles. The fourth-order valence-corrected chi connectivity index (χ4v) is 7.85. The van der Waals surface area contributed by atoms with E-state index in [2.05, 4.69) is 39.6 Å². The van der Waals surface area contributed by atoms with Crippen LogP contribution in [0.3, 0.4) is 0 Å². The van der Waals surface area contributed by atoms with E-state index >= 15 is 0 Å². The van der Waals surface area contributed by atoms with Crippen LogP contribution in [-0.2, 0) is 27.1 Å². The summed E-state index contributed by atoms with van der Waals surface area (Å²) < 4.78 is 37.5. The molecule has 2 fully saturated rings. The van der Waals surface area contributed by atoms with Crippen molar-refractivity contribution in [3.8, 4) is 0 Å². The van der Waals surface area contributed by atoms with Crippen molar-refractivity contribution in [1.82, 2.24) is 13.9 Å². The Morgan fingerprint density at radius 1 is 1.18 bits per heavy atom. The van der Waals surface area contributed by atoms with Gasteiger partial charge in [-0.3, -0.25) is 0 Å². The number of nitrogens with zero attached hydrogens (tertiary/aromatic N) is 3. The molecule has 1 aromatic heterocycles. The van der Waals surface area contributed by atoms with Crippen molar-refractivity contribution in [2.45, 2.75) is 61.1 Å². The van der Waals surface area contributed by atoms with Gasteiger partial charge >= 0.3 is 0 Å². The van der Waals surface area contributed by atoms with E-state index in [0.29, 0.717) is 23.9 Å². The largest absolute Gasteiger partial charge is 0.376 e. The highest BCUT2D eigenvalue weighted by Gasteiger charge is 2.29. The van der Waals surface area contributed by atoms with Gasteiger partial charge in [0.05, 0.1) is 28.6 Å². The number of halogens is 1. The third kappa shape index (κ3) is 5.23. The lowest BCUT2D eigenvalue weighted by molar-refractivity contribution is 0.0960. The Hall–Kier alpha value is -1.39. The lowest BCUT2D eigenvalue weighted by Gasteiger charge is -2.30. The van der Waals surface area contributed by atoms with Crippen molar-refractivity contribution in [2.75, 3.05) is 19.7 Å². The number of piperidine rings is 1. The molecule has 0 amide bonds. The second-order valence-corrected chi connectivity index (χ2v) is 13.1. The number of fused-ring (bicyclic) bond motifs is 1. The van der Waals surface area contributed by atoms with Gasteiger partial charge in [0.25, 0.3) is 0 Å². The third-order valence-corrected chi connectivity index (χ3v) is 10.0. The number of thioether (sulfide) groups is 1. The highest BCUT2D eigenvalue weighted by molar-refractivity contribution is 9.10. The fourth-order valence-electron chi connectivity index (χ4n) is 4.81. The molecular weight excluding hydrogens is 534 g/mol. The van der Waals surface area contributed by atoms with Crippen LogP contribution in [-0.4, -0.2) is 48.1 Å². The van der Waals surface area contributed by atoms with Crippen LogP contribution in [0.2, 0.25) is 0 Å². The van der Waals surface area contributed by atoms with Gasteiger partial charge in [-0.25, -0.2) is 13.4 Å². The van der Waals surface area contributed by atoms with E-state index < -0.39 is 10.0 Å². The summed E-state index contributed by atoms with van der Waals surface area (Å²) in [6.07, 6.45) is 4.27. The number of hydrogen-bond donors (Lipinski definition) is 0. The van der Waals surface area contributed by atoms with Gasteiger partial charge in [0.2, 0.25) is 10.0 Å². The van der Waals surface area contributed by atoms with Crippen molar-refractivity contribution in [3.05, 3.63) is 52.5 Å². The molecule has 3 aromatic rings. The summed E-state index contributed by atoms with van der Waals surface area (Å²) in [4.78, 5) is 5.23. The normalized spacial score (nSPS) is 21.9. The van der Waals surface area contributed by atoms with Gasteiger partial charge in [-0.05, 0) is 67.5 Å². The van der Waals surface area contributed by atoms with Crippen LogP contribution in [0.5, 0.6) is 0 Å². The minimum Gasteiger partial charge on any atom is -0.376 e. The molecule has 0 aliphatic carbocycles. The lowest BCUT2D eigenvalue weighted by Crippen LogP contribution is -2.39. The Balaban J connectivity index is 1.47.